The number of hydrogen-bond acceptors (Lipinski definition) is 4. The van der Waals surface area contributed by atoms with Crippen LogP contribution >= 0.6 is 11.6 Å². The Morgan fingerprint density at radius 2 is 1.83 bits per heavy atom. The van der Waals surface area contributed by atoms with E-state index < -0.39 is 0 Å². The molecule has 0 bridgehead atoms. The number of methoxy groups -OCH3 is 2. The van der Waals surface area contributed by atoms with Crippen molar-refractivity contribution >= 4 is 23.7 Å². The highest BCUT2D eigenvalue weighted by atomic mass is 35.5. The van der Waals surface area contributed by atoms with Crippen LogP contribution in [-0.4, -0.2) is 26.3 Å². The smallest absolute Gasteiger partial charge is 0.244 e. The van der Waals surface area contributed by atoms with Gasteiger partial charge in [-0.1, -0.05) is 29.8 Å². The van der Waals surface area contributed by atoms with E-state index in [1.807, 2.05) is 18.2 Å². The molecule has 0 spiro atoms. The third-order valence-corrected chi connectivity index (χ3v) is 3.34. The number of benzene rings is 2. The molecule has 0 radical (unpaired) electrons. The number of hydrazone groups is 1. The van der Waals surface area contributed by atoms with Crippen LogP contribution < -0.4 is 14.9 Å². The highest BCUT2D eigenvalue weighted by molar-refractivity contribution is 6.30. The van der Waals surface area contributed by atoms with Gasteiger partial charge in [0.2, 0.25) is 5.91 Å². The Kier molecular flexibility index (Phi) is 6.00. The predicted molar refractivity (Wildman–Crippen MR) is 90.4 cm³/mol. The third kappa shape index (κ3) is 5.00. The van der Waals surface area contributed by atoms with Crippen molar-refractivity contribution in [1.82, 2.24) is 5.43 Å². The van der Waals surface area contributed by atoms with Crippen LogP contribution in [0.4, 0.5) is 0 Å². The van der Waals surface area contributed by atoms with Crippen molar-refractivity contribution in [3.63, 3.8) is 0 Å². The van der Waals surface area contributed by atoms with E-state index in [2.05, 4.69) is 10.5 Å². The van der Waals surface area contributed by atoms with Crippen LogP contribution in [0, 0.1) is 0 Å². The van der Waals surface area contributed by atoms with Crippen molar-refractivity contribution in [1.29, 1.82) is 0 Å². The maximum absolute atomic E-state index is 11.9. The van der Waals surface area contributed by atoms with E-state index in [9.17, 15) is 4.79 Å². The summed E-state index contributed by atoms with van der Waals surface area (Å²) in [6.45, 7) is 0. The van der Waals surface area contributed by atoms with Crippen LogP contribution in [0.5, 0.6) is 11.5 Å². The molecule has 23 heavy (non-hydrogen) atoms. The van der Waals surface area contributed by atoms with Crippen LogP contribution in [0.1, 0.15) is 11.1 Å². The summed E-state index contributed by atoms with van der Waals surface area (Å²) in [7, 11) is 3.12. The molecule has 0 fully saturated rings. The minimum atomic E-state index is -0.220. The molecule has 0 saturated heterocycles. The van der Waals surface area contributed by atoms with Gasteiger partial charge in [0, 0.05) is 5.02 Å². The lowest BCUT2D eigenvalue weighted by atomic mass is 10.1. The molecule has 120 valence electrons. The van der Waals surface area contributed by atoms with Gasteiger partial charge in [-0.3, -0.25) is 4.79 Å². The molecule has 0 aliphatic carbocycles. The average Bonchev–Trinajstić information content (AvgIpc) is 2.56. The molecule has 1 N–H and O–H groups in total. The van der Waals surface area contributed by atoms with Crippen molar-refractivity contribution in [3.8, 4) is 11.5 Å². The Morgan fingerprint density at radius 3 is 2.48 bits per heavy atom. The first-order chi connectivity index (χ1) is 11.1. The van der Waals surface area contributed by atoms with Crippen LogP contribution in [0.15, 0.2) is 47.6 Å². The van der Waals surface area contributed by atoms with E-state index in [0.717, 1.165) is 11.1 Å². The molecular formula is C17H17ClN2O3. The van der Waals surface area contributed by atoms with Crippen molar-refractivity contribution in [2.24, 2.45) is 5.10 Å². The minimum absolute atomic E-state index is 0.193. The summed E-state index contributed by atoms with van der Waals surface area (Å²) in [5, 5.41) is 4.57. The summed E-state index contributed by atoms with van der Waals surface area (Å²) in [6.07, 6.45) is 1.75. The Hall–Kier alpha value is -2.53. The molecule has 0 heterocycles. The summed E-state index contributed by atoms with van der Waals surface area (Å²) < 4.78 is 10.4. The number of halogens is 1. The lowest BCUT2D eigenvalue weighted by Crippen LogP contribution is -2.19. The molecule has 0 aromatic heterocycles. The number of hydrogen-bond donors (Lipinski definition) is 1. The van der Waals surface area contributed by atoms with Gasteiger partial charge in [-0.2, -0.15) is 5.10 Å². The number of nitrogens with one attached hydrogen (secondary N) is 1. The summed E-state index contributed by atoms with van der Waals surface area (Å²) in [5.41, 5.74) is 4.14. The zero-order chi connectivity index (χ0) is 16.7. The SMILES string of the molecule is COc1ccc(CC(=O)N/N=C/c2ccc(Cl)cc2)cc1OC. The Morgan fingerprint density at radius 1 is 1.13 bits per heavy atom. The molecule has 0 aliphatic heterocycles. The van der Waals surface area contributed by atoms with Crippen molar-refractivity contribution < 1.29 is 14.3 Å². The largest absolute Gasteiger partial charge is 0.493 e. The molecule has 5 nitrogen and oxygen atoms in total. The van der Waals surface area contributed by atoms with E-state index >= 15 is 0 Å². The zero-order valence-electron chi connectivity index (χ0n) is 12.9. The van der Waals surface area contributed by atoms with Gasteiger partial charge < -0.3 is 9.47 Å². The second-order valence-electron chi connectivity index (χ2n) is 4.71. The standard InChI is InChI=1S/C17H17ClN2O3/c1-22-15-8-5-13(9-16(15)23-2)10-17(21)20-19-11-12-3-6-14(18)7-4-12/h3-9,11H,10H2,1-2H3,(H,20,21)/b19-11+. The van der Waals surface area contributed by atoms with Crippen LogP contribution in [0.2, 0.25) is 5.02 Å². The highest BCUT2D eigenvalue weighted by Crippen LogP contribution is 2.27. The normalized spacial score (nSPS) is 10.6. The predicted octanol–water partition coefficient (Wildman–Crippen LogP) is 3.05. The molecule has 0 saturated carbocycles. The number of nitrogens with zero attached hydrogens (tertiary/aromatic N) is 1. The van der Waals surface area contributed by atoms with Crippen LogP contribution in [0.25, 0.3) is 0 Å². The molecule has 0 aliphatic rings. The van der Waals surface area contributed by atoms with Gasteiger partial charge in [0.05, 0.1) is 26.9 Å². The van der Waals surface area contributed by atoms with Gasteiger partial charge >= 0.3 is 0 Å². The first-order valence-corrected chi connectivity index (χ1v) is 7.28. The van der Waals surface area contributed by atoms with E-state index in [1.54, 1.807) is 44.7 Å². The van der Waals surface area contributed by atoms with Crippen molar-refractivity contribution in [2.75, 3.05) is 14.2 Å². The van der Waals surface area contributed by atoms with Gasteiger partial charge in [-0.05, 0) is 35.4 Å². The number of amides is 1. The number of carbonyl (C=O) groups is 1. The molecule has 2 aromatic carbocycles. The van der Waals surface area contributed by atoms with Crippen LogP contribution in [-0.2, 0) is 11.2 Å². The zero-order valence-corrected chi connectivity index (χ0v) is 13.6. The topological polar surface area (TPSA) is 59.9 Å². The summed E-state index contributed by atoms with van der Waals surface area (Å²) >= 11 is 5.80. The average molecular weight is 333 g/mol. The molecule has 2 aromatic rings. The van der Waals surface area contributed by atoms with Gasteiger partial charge in [0.1, 0.15) is 0 Å². The monoisotopic (exact) mass is 332 g/mol. The highest BCUT2D eigenvalue weighted by Gasteiger charge is 2.07. The number of carbonyl (C=O) groups excluding carboxylic acids is 1. The summed E-state index contributed by atoms with van der Waals surface area (Å²) in [5.74, 6) is 0.988. The molecule has 0 unspecified atom stereocenters. The maximum Gasteiger partial charge on any atom is 0.244 e. The molecule has 2 rings (SSSR count). The second kappa shape index (κ2) is 8.19. The molecule has 0 atom stereocenters. The van der Waals surface area contributed by atoms with Gasteiger partial charge in [-0.15, -0.1) is 0 Å². The number of ether oxygens (including phenoxy) is 2. The molecule has 1 amide bonds. The van der Waals surface area contributed by atoms with Gasteiger partial charge in [0.15, 0.2) is 11.5 Å². The van der Waals surface area contributed by atoms with Gasteiger partial charge in [-0.25, -0.2) is 5.43 Å². The summed E-state index contributed by atoms with van der Waals surface area (Å²) in [4.78, 5) is 11.9. The fraction of sp³-hybridized carbons (Fsp3) is 0.176. The summed E-state index contributed by atoms with van der Waals surface area (Å²) in [6, 6.07) is 12.5. The van der Waals surface area contributed by atoms with E-state index in [-0.39, 0.29) is 12.3 Å². The first-order valence-electron chi connectivity index (χ1n) is 6.90. The van der Waals surface area contributed by atoms with E-state index in [4.69, 9.17) is 21.1 Å². The van der Waals surface area contributed by atoms with Crippen LogP contribution in [0.3, 0.4) is 0 Å². The van der Waals surface area contributed by atoms with Crippen molar-refractivity contribution in [2.45, 2.75) is 6.42 Å². The first kappa shape index (κ1) is 16.8. The number of rotatable bonds is 6. The fourth-order valence-corrected chi connectivity index (χ4v) is 2.07. The molecular weight excluding hydrogens is 316 g/mol. The minimum Gasteiger partial charge on any atom is -0.493 e. The lowest BCUT2D eigenvalue weighted by Gasteiger charge is -2.09. The van der Waals surface area contributed by atoms with E-state index in [0.29, 0.717) is 16.5 Å². The Balaban J connectivity index is 1.93. The fourth-order valence-electron chi connectivity index (χ4n) is 1.94. The lowest BCUT2D eigenvalue weighted by molar-refractivity contribution is -0.120. The molecule has 6 heteroatoms. The van der Waals surface area contributed by atoms with Gasteiger partial charge in [0.25, 0.3) is 0 Å². The van der Waals surface area contributed by atoms with E-state index in [1.165, 1.54) is 0 Å². The second-order valence-corrected chi connectivity index (χ2v) is 5.15. The van der Waals surface area contributed by atoms with Crippen molar-refractivity contribution in [3.05, 3.63) is 58.6 Å². The quantitative estimate of drug-likeness (QED) is 0.653. The Bertz CT molecular complexity index is 699. The Labute approximate surface area is 139 Å². The maximum atomic E-state index is 11.9. The third-order valence-electron chi connectivity index (χ3n) is 3.09.